The Morgan fingerprint density at radius 2 is 1.67 bits per heavy atom. The van der Waals surface area contributed by atoms with Crippen LogP contribution >= 0.6 is 11.8 Å². The molecule has 0 saturated heterocycles. The highest BCUT2D eigenvalue weighted by atomic mass is 32.2. The van der Waals surface area contributed by atoms with E-state index in [0.717, 1.165) is 15.8 Å². The maximum absolute atomic E-state index is 12.6. The third kappa shape index (κ3) is 5.65. The molecular formula is C23H21N5O3S2. The van der Waals surface area contributed by atoms with Gasteiger partial charge in [-0.25, -0.2) is 23.1 Å². The molecule has 4 aromatic rings. The first-order valence-corrected chi connectivity index (χ1v) is 12.5. The van der Waals surface area contributed by atoms with E-state index in [9.17, 15) is 13.2 Å². The molecule has 0 saturated carbocycles. The van der Waals surface area contributed by atoms with E-state index in [2.05, 4.69) is 25.0 Å². The minimum absolute atomic E-state index is 0.0184. The van der Waals surface area contributed by atoms with Crippen molar-refractivity contribution in [2.24, 2.45) is 0 Å². The quantitative estimate of drug-likeness (QED) is 0.382. The van der Waals surface area contributed by atoms with E-state index >= 15 is 0 Å². The molecule has 10 heteroatoms. The number of carbonyl (C=O) groups excluding carboxylic acids is 1. The van der Waals surface area contributed by atoms with Gasteiger partial charge in [-0.15, -0.1) is 11.8 Å². The number of sulfonamides is 1. The Hall–Kier alpha value is -3.50. The Morgan fingerprint density at radius 1 is 0.970 bits per heavy atom. The van der Waals surface area contributed by atoms with Crippen molar-refractivity contribution in [2.45, 2.75) is 23.6 Å². The summed E-state index contributed by atoms with van der Waals surface area (Å²) in [6.07, 6.45) is 1.73. The highest BCUT2D eigenvalue weighted by Crippen LogP contribution is 2.26. The summed E-state index contributed by atoms with van der Waals surface area (Å²) in [4.78, 5) is 26.0. The Labute approximate surface area is 195 Å². The molecule has 0 bridgehead atoms. The lowest BCUT2D eigenvalue weighted by molar-refractivity contribution is -0.113. The monoisotopic (exact) mass is 479 g/mol. The molecule has 8 nitrogen and oxygen atoms in total. The molecule has 0 aliphatic carbocycles. The van der Waals surface area contributed by atoms with E-state index < -0.39 is 10.0 Å². The van der Waals surface area contributed by atoms with E-state index in [0.29, 0.717) is 17.1 Å². The Bertz CT molecular complexity index is 1400. The second kappa shape index (κ2) is 9.55. The number of aromatic nitrogens is 3. The van der Waals surface area contributed by atoms with Gasteiger partial charge >= 0.3 is 0 Å². The number of aryl methyl sites for hydroxylation is 2. The molecule has 2 aromatic carbocycles. The second-order valence-corrected chi connectivity index (χ2v) is 9.97. The SMILES string of the molecule is Cc1cc(C)nc(NS(=O)(=O)c2ccc(NC(=O)CSc3cccc4cccnc34)cc2)n1. The molecule has 2 aromatic heterocycles. The van der Waals surface area contributed by atoms with Gasteiger partial charge in [0.1, 0.15) is 0 Å². The van der Waals surface area contributed by atoms with Crippen LogP contribution in [-0.4, -0.2) is 35.0 Å². The molecule has 2 heterocycles. The van der Waals surface area contributed by atoms with Gasteiger partial charge in [-0.2, -0.15) is 0 Å². The van der Waals surface area contributed by atoms with Crippen molar-refractivity contribution in [1.82, 2.24) is 15.0 Å². The highest BCUT2D eigenvalue weighted by Gasteiger charge is 2.16. The fourth-order valence-electron chi connectivity index (χ4n) is 3.20. The zero-order chi connectivity index (χ0) is 23.4. The van der Waals surface area contributed by atoms with Crippen molar-refractivity contribution in [3.8, 4) is 0 Å². The van der Waals surface area contributed by atoms with Crippen molar-refractivity contribution in [3.05, 3.63) is 78.2 Å². The third-order valence-corrected chi connectivity index (χ3v) is 7.00. The zero-order valence-electron chi connectivity index (χ0n) is 17.9. The standard InChI is InChI=1S/C23H21N5O3S2/c1-15-13-16(2)26-23(25-15)28-33(30,31)19-10-8-18(9-11-19)27-21(29)14-32-20-7-3-5-17-6-4-12-24-22(17)20/h3-13H,14H2,1-2H3,(H,27,29)(H,25,26,28). The van der Waals surface area contributed by atoms with Crippen LogP contribution in [0, 0.1) is 13.8 Å². The van der Waals surface area contributed by atoms with Gasteiger partial charge in [0.25, 0.3) is 10.0 Å². The van der Waals surface area contributed by atoms with E-state index in [4.69, 9.17) is 0 Å². The van der Waals surface area contributed by atoms with Crippen LogP contribution in [0.2, 0.25) is 0 Å². The van der Waals surface area contributed by atoms with Crippen LogP contribution in [0.1, 0.15) is 11.4 Å². The number of carbonyl (C=O) groups is 1. The lowest BCUT2D eigenvalue weighted by Gasteiger charge is -2.10. The summed E-state index contributed by atoms with van der Waals surface area (Å²) >= 11 is 1.39. The smallest absolute Gasteiger partial charge is 0.264 e. The number of pyridine rings is 1. The third-order valence-electron chi connectivity index (χ3n) is 4.61. The number of nitrogens with zero attached hydrogens (tertiary/aromatic N) is 3. The van der Waals surface area contributed by atoms with Crippen LogP contribution in [-0.2, 0) is 14.8 Å². The number of para-hydroxylation sites is 1. The predicted molar refractivity (Wildman–Crippen MR) is 130 cm³/mol. The van der Waals surface area contributed by atoms with Crippen molar-refractivity contribution in [1.29, 1.82) is 0 Å². The van der Waals surface area contributed by atoms with Gasteiger partial charge in [-0.1, -0.05) is 18.2 Å². The molecule has 0 radical (unpaired) electrons. The maximum atomic E-state index is 12.6. The molecule has 1 amide bonds. The topological polar surface area (TPSA) is 114 Å². The van der Waals surface area contributed by atoms with Crippen molar-refractivity contribution < 1.29 is 13.2 Å². The summed E-state index contributed by atoms with van der Waals surface area (Å²) < 4.78 is 27.7. The molecule has 0 aliphatic heterocycles. The average molecular weight is 480 g/mol. The molecule has 0 atom stereocenters. The van der Waals surface area contributed by atoms with Crippen molar-refractivity contribution in [3.63, 3.8) is 0 Å². The molecule has 168 valence electrons. The summed E-state index contributed by atoms with van der Waals surface area (Å²) in [5, 5.41) is 3.80. The number of fused-ring (bicyclic) bond motifs is 1. The Balaban J connectivity index is 1.39. The van der Waals surface area contributed by atoms with Gasteiger partial charge in [0.2, 0.25) is 11.9 Å². The van der Waals surface area contributed by atoms with E-state index in [1.54, 1.807) is 38.2 Å². The molecule has 2 N–H and O–H groups in total. The number of amides is 1. The van der Waals surface area contributed by atoms with Gasteiger partial charge in [0.05, 0.1) is 16.2 Å². The Morgan fingerprint density at radius 3 is 2.39 bits per heavy atom. The number of benzene rings is 2. The molecule has 0 fully saturated rings. The number of nitrogens with one attached hydrogen (secondary N) is 2. The second-order valence-electron chi connectivity index (χ2n) is 7.27. The Kier molecular flexibility index (Phi) is 6.57. The van der Waals surface area contributed by atoms with Crippen LogP contribution in [0.4, 0.5) is 11.6 Å². The van der Waals surface area contributed by atoms with Crippen LogP contribution in [0.3, 0.4) is 0 Å². The first-order chi connectivity index (χ1) is 15.8. The largest absolute Gasteiger partial charge is 0.325 e. The van der Waals surface area contributed by atoms with Gasteiger partial charge in [0, 0.05) is 33.6 Å². The fourth-order valence-corrected chi connectivity index (χ4v) is 4.99. The van der Waals surface area contributed by atoms with Crippen molar-refractivity contribution in [2.75, 3.05) is 15.8 Å². The van der Waals surface area contributed by atoms with E-state index in [1.165, 1.54) is 23.9 Å². The van der Waals surface area contributed by atoms with Gasteiger partial charge in [0.15, 0.2) is 0 Å². The van der Waals surface area contributed by atoms with Crippen LogP contribution < -0.4 is 10.0 Å². The van der Waals surface area contributed by atoms with Crippen LogP contribution in [0.15, 0.2) is 76.7 Å². The highest BCUT2D eigenvalue weighted by molar-refractivity contribution is 8.00. The van der Waals surface area contributed by atoms with Gasteiger partial charge in [-0.3, -0.25) is 9.78 Å². The van der Waals surface area contributed by atoms with Crippen LogP contribution in [0.5, 0.6) is 0 Å². The molecule has 33 heavy (non-hydrogen) atoms. The predicted octanol–water partition coefficient (Wildman–Crippen LogP) is 4.17. The number of anilines is 2. The van der Waals surface area contributed by atoms with Gasteiger partial charge in [-0.05, 0) is 56.3 Å². The first kappa shape index (κ1) is 22.7. The number of thioether (sulfide) groups is 1. The number of rotatable bonds is 7. The summed E-state index contributed by atoms with van der Waals surface area (Å²) in [7, 11) is -3.86. The van der Waals surface area contributed by atoms with E-state index in [1.807, 2.05) is 30.3 Å². The van der Waals surface area contributed by atoms with Crippen LogP contribution in [0.25, 0.3) is 10.9 Å². The molecule has 4 rings (SSSR count). The van der Waals surface area contributed by atoms with Gasteiger partial charge < -0.3 is 5.32 Å². The summed E-state index contributed by atoms with van der Waals surface area (Å²) in [6, 6.07) is 17.4. The maximum Gasteiger partial charge on any atom is 0.264 e. The fraction of sp³-hybridized carbons (Fsp3) is 0.130. The number of hydrogen-bond donors (Lipinski definition) is 2. The molecule has 0 aliphatic rings. The summed E-state index contributed by atoms with van der Waals surface area (Å²) in [5.41, 5.74) is 2.68. The zero-order valence-corrected chi connectivity index (χ0v) is 19.6. The van der Waals surface area contributed by atoms with Crippen molar-refractivity contribution >= 4 is 50.2 Å². The minimum Gasteiger partial charge on any atom is -0.325 e. The number of hydrogen-bond acceptors (Lipinski definition) is 7. The molecular weight excluding hydrogens is 458 g/mol. The minimum atomic E-state index is -3.86. The average Bonchev–Trinajstić information content (AvgIpc) is 2.77. The first-order valence-electron chi connectivity index (χ1n) is 10.0. The molecule has 0 unspecified atom stereocenters. The summed E-state index contributed by atoms with van der Waals surface area (Å²) in [5.74, 6) is 0.0107. The summed E-state index contributed by atoms with van der Waals surface area (Å²) in [6.45, 7) is 3.53. The normalized spacial score (nSPS) is 11.3. The lowest BCUT2D eigenvalue weighted by atomic mass is 10.2. The van der Waals surface area contributed by atoms with E-state index in [-0.39, 0.29) is 22.5 Å². The molecule has 0 spiro atoms. The lowest BCUT2D eigenvalue weighted by Crippen LogP contribution is -2.16.